The van der Waals surface area contributed by atoms with E-state index in [1.165, 1.54) is 79.0 Å². The lowest BCUT2D eigenvalue weighted by Crippen LogP contribution is -2.03. The molecule has 1 aliphatic rings. The van der Waals surface area contributed by atoms with Gasteiger partial charge in [-0.15, -0.1) is 0 Å². The number of hydrogen-bond acceptors (Lipinski definition) is 1. The van der Waals surface area contributed by atoms with Gasteiger partial charge in [0.15, 0.2) is 0 Å². The molecule has 6 aromatic carbocycles. The Morgan fingerprint density at radius 3 is 1.88 bits per heavy atom. The van der Waals surface area contributed by atoms with E-state index in [2.05, 4.69) is 140 Å². The number of allylic oxidation sites excluding steroid dienone is 2. The van der Waals surface area contributed by atoms with E-state index in [-0.39, 0.29) is 0 Å². The van der Waals surface area contributed by atoms with E-state index >= 15 is 0 Å². The highest BCUT2D eigenvalue weighted by atomic mass is 15.1. The molecule has 0 saturated heterocycles. The molecule has 0 atom stereocenters. The summed E-state index contributed by atoms with van der Waals surface area (Å²) in [6.45, 7) is 4.40. The van der Waals surface area contributed by atoms with Gasteiger partial charge in [0.1, 0.15) is 5.82 Å². The zero-order valence-electron chi connectivity index (χ0n) is 24.8. The van der Waals surface area contributed by atoms with Gasteiger partial charge in [-0.3, -0.25) is 4.57 Å². The van der Waals surface area contributed by atoms with Crippen LogP contribution in [0.15, 0.2) is 121 Å². The summed E-state index contributed by atoms with van der Waals surface area (Å²) in [7, 11) is 0. The second kappa shape index (κ2) is 10.4. The van der Waals surface area contributed by atoms with Crippen molar-refractivity contribution in [2.24, 2.45) is 0 Å². The van der Waals surface area contributed by atoms with Gasteiger partial charge in [0.05, 0.1) is 11.0 Å². The van der Waals surface area contributed by atoms with Crippen LogP contribution in [0.4, 0.5) is 0 Å². The van der Waals surface area contributed by atoms with Crippen LogP contribution in [0.5, 0.6) is 0 Å². The molecular formula is C41H34N2. The number of aromatic nitrogens is 2. The summed E-state index contributed by atoms with van der Waals surface area (Å²) in [6.07, 6.45) is 7.14. The first kappa shape index (κ1) is 25.7. The number of hydrogen-bond donors (Lipinski definition) is 0. The van der Waals surface area contributed by atoms with Gasteiger partial charge in [-0.05, 0) is 101 Å². The van der Waals surface area contributed by atoms with Crippen molar-refractivity contribution in [1.29, 1.82) is 0 Å². The molecule has 0 saturated carbocycles. The van der Waals surface area contributed by atoms with Crippen molar-refractivity contribution < 1.29 is 0 Å². The van der Waals surface area contributed by atoms with Crippen LogP contribution in [0, 0.1) is 13.8 Å². The first-order chi connectivity index (χ1) is 21.2. The van der Waals surface area contributed by atoms with Gasteiger partial charge in [0, 0.05) is 11.3 Å². The Morgan fingerprint density at radius 2 is 1.23 bits per heavy atom. The maximum absolute atomic E-state index is 5.14. The number of imidazole rings is 1. The molecule has 0 N–H and O–H groups in total. The summed E-state index contributed by atoms with van der Waals surface area (Å²) in [4.78, 5) is 5.14. The van der Waals surface area contributed by atoms with E-state index in [0.29, 0.717) is 0 Å². The molecule has 0 fully saturated rings. The predicted molar refractivity (Wildman–Crippen MR) is 183 cm³/mol. The Labute approximate surface area is 253 Å². The highest BCUT2D eigenvalue weighted by molar-refractivity contribution is 6.21. The summed E-state index contributed by atoms with van der Waals surface area (Å²) < 4.78 is 2.40. The minimum Gasteiger partial charge on any atom is -0.296 e. The summed E-state index contributed by atoms with van der Waals surface area (Å²) >= 11 is 0. The molecule has 8 rings (SSSR count). The van der Waals surface area contributed by atoms with Crippen molar-refractivity contribution in [2.75, 3.05) is 0 Å². The second-order valence-electron chi connectivity index (χ2n) is 11.9. The SMILES string of the molecule is Cc1ccc(-c2c3ccccc3c(-c3ccc(-c4nc5ccccc5n4C4=CCCCC4)cc3)c3ccccc23)c(C)c1. The van der Waals surface area contributed by atoms with E-state index < -0.39 is 0 Å². The lowest BCUT2D eigenvalue weighted by atomic mass is 9.84. The van der Waals surface area contributed by atoms with Crippen molar-refractivity contribution in [1.82, 2.24) is 9.55 Å². The van der Waals surface area contributed by atoms with Gasteiger partial charge in [-0.1, -0.05) is 115 Å². The van der Waals surface area contributed by atoms with Crippen molar-refractivity contribution >= 4 is 38.3 Å². The molecule has 0 aliphatic heterocycles. The summed E-state index contributed by atoms with van der Waals surface area (Å²) in [5.41, 5.74) is 12.5. The fourth-order valence-electron chi connectivity index (χ4n) is 7.14. The van der Waals surface area contributed by atoms with Crippen LogP contribution in [0.3, 0.4) is 0 Å². The third-order valence-electron chi connectivity index (χ3n) is 9.13. The molecule has 7 aromatic rings. The summed E-state index contributed by atoms with van der Waals surface area (Å²) in [5, 5.41) is 5.14. The van der Waals surface area contributed by atoms with Gasteiger partial charge < -0.3 is 0 Å². The van der Waals surface area contributed by atoms with Crippen molar-refractivity contribution in [3.63, 3.8) is 0 Å². The molecule has 2 heteroatoms. The second-order valence-corrected chi connectivity index (χ2v) is 11.9. The molecule has 1 heterocycles. The number of nitrogens with zero attached hydrogens (tertiary/aromatic N) is 2. The molecule has 43 heavy (non-hydrogen) atoms. The Hall–Kier alpha value is -4.95. The fraction of sp³-hybridized carbons (Fsp3) is 0.146. The summed E-state index contributed by atoms with van der Waals surface area (Å²) in [6, 6.07) is 42.3. The average molecular weight is 555 g/mol. The van der Waals surface area contributed by atoms with Crippen LogP contribution in [0.1, 0.15) is 36.8 Å². The third-order valence-corrected chi connectivity index (χ3v) is 9.13. The standard InChI is InChI=1S/C41H34N2/c1-27-20-25-32(28(2)26-27)40-35-16-8-6-14-33(35)39(34-15-7-9-17-36(34)40)29-21-23-30(24-22-29)41-42-37-18-10-11-19-38(37)43(41)31-12-4-3-5-13-31/h6-12,14-26H,3-5,13H2,1-2H3. The Bertz CT molecular complexity index is 2140. The highest BCUT2D eigenvalue weighted by Gasteiger charge is 2.20. The lowest BCUT2D eigenvalue weighted by Gasteiger charge is -2.19. The zero-order valence-corrected chi connectivity index (χ0v) is 24.8. The number of rotatable bonds is 4. The van der Waals surface area contributed by atoms with Crippen LogP contribution in [0.2, 0.25) is 0 Å². The Kier molecular flexibility index (Phi) is 6.22. The molecule has 1 aliphatic carbocycles. The van der Waals surface area contributed by atoms with E-state index in [9.17, 15) is 0 Å². The molecule has 0 radical (unpaired) electrons. The Morgan fingerprint density at radius 1 is 0.605 bits per heavy atom. The first-order valence-electron chi connectivity index (χ1n) is 15.5. The zero-order chi connectivity index (χ0) is 28.9. The topological polar surface area (TPSA) is 17.8 Å². The minimum absolute atomic E-state index is 1.03. The number of benzene rings is 6. The maximum atomic E-state index is 5.14. The van der Waals surface area contributed by atoms with Gasteiger partial charge in [0.2, 0.25) is 0 Å². The lowest BCUT2D eigenvalue weighted by molar-refractivity contribution is 0.721. The third kappa shape index (κ3) is 4.29. The average Bonchev–Trinajstić information content (AvgIpc) is 3.44. The number of para-hydroxylation sites is 2. The molecule has 0 unspecified atom stereocenters. The van der Waals surface area contributed by atoms with Gasteiger partial charge in [-0.2, -0.15) is 0 Å². The van der Waals surface area contributed by atoms with Crippen LogP contribution in [0.25, 0.3) is 71.9 Å². The van der Waals surface area contributed by atoms with Gasteiger partial charge in [0.25, 0.3) is 0 Å². The highest BCUT2D eigenvalue weighted by Crippen LogP contribution is 2.44. The van der Waals surface area contributed by atoms with Crippen molar-refractivity contribution in [3.05, 3.63) is 132 Å². The predicted octanol–water partition coefficient (Wildman–Crippen LogP) is 11.4. The van der Waals surface area contributed by atoms with Crippen LogP contribution in [-0.4, -0.2) is 9.55 Å². The molecule has 208 valence electrons. The van der Waals surface area contributed by atoms with Crippen molar-refractivity contribution in [2.45, 2.75) is 39.5 Å². The van der Waals surface area contributed by atoms with Crippen LogP contribution >= 0.6 is 0 Å². The number of fused-ring (bicyclic) bond motifs is 3. The maximum Gasteiger partial charge on any atom is 0.145 e. The van der Waals surface area contributed by atoms with E-state index in [4.69, 9.17) is 4.98 Å². The summed E-state index contributed by atoms with van der Waals surface area (Å²) in [5.74, 6) is 1.03. The monoisotopic (exact) mass is 554 g/mol. The molecule has 0 spiro atoms. The quantitative estimate of drug-likeness (QED) is 0.198. The molecule has 0 bridgehead atoms. The van der Waals surface area contributed by atoms with Gasteiger partial charge >= 0.3 is 0 Å². The first-order valence-corrected chi connectivity index (χ1v) is 15.5. The van der Waals surface area contributed by atoms with E-state index in [1.54, 1.807) is 0 Å². The van der Waals surface area contributed by atoms with Crippen LogP contribution < -0.4 is 0 Å². The molecule has 1 aromatic heterocycles. The Balaban J connectivity index is 1.33. The molecule has 0 amide bonds. The largest absolute Gasteiger partial charge is 0.296 e. The van der Waals surface area contributed by atoms with E-state index in [0.717, 1.165) is 29.7 Å². The van der Waals surface area contributed by atoms with Crippen LogP contribution in [-0.2, 0) is 0 Å². The molecule has 2 nitrogen and oxygen atoms in total. The normalized spacial score (nSPS) is 13.6. The minimum atomic E-state index is 1.03. The fourth-order valence-corrected chi connectivity index (χ4v) is 7.14. The van der Waals surface area contributed by atoms with Gasteiger partial charge in [-0.25, -0.2) is 4.98 Å². The smallest absolute Gasteiger partial charge is 0.145 e. The van der Waals surface area contributed by atoms with Crippen molar-refractivity contribution in [3.8, 4) is 33.6 Å². The number of aryl methyl sites for hydroxylation is 2. The van der Waals surface area contributed by atoms with E-state index in [1.807, 2.05) is 0 Å². The molecular weight excluding hydrogens is 520 g/mol.